The summed E-state index contributed by atoms with van der Waals surface area (Å²) >= 11 is 12.4. The Morgan fingerprint density at radius 1 is 1.25 bits per heavy atom. The van der Waals surface area contributed by atoms with E-state index < -0.39 is 0 Å². The highest BCUT2D eigenvalue weighted by atomic mass is 35.5. The van der Waals surface area contributed by atoms with Crippen molar-refractivity contribution in [2.45, 2.75) is 32.7 Å². The van der Waals surface area contributed by atoms with Crippen LogP contribution in [0.5, 0.6) is 0 Å². The lowest BCUT2D eigenvalue weighted by Gasteiger charge is -2.30. The molecule has 0 saturated carbocycles. The van der Waals surface area contributed by atoms with Gasteiger partial charge in [0, 0.05) is 23.1 Å². The van der Waals surface area contributed by atoms with Gasteiger partial charge in [-0.3, -0.25) is 4.90 Å². The first kappa shape index (κ1) is 16.1. The summed E-state index contributed by atoms with van der Waals surface area (Å²) in [6.07, 6.45) is 3.73. The van der Waals surface area contributed by atoms with Crippen molar-refractivity contribution >= 4 is 23.2 Å². The fourth-order valence-corrected chi connectivity index (χ4v) is 3.26. The van der Waals surface area contributed by atoms with Crippen molar-refractivity contribution in [1.82, 2.24) is 10.2 Å². The van der Waals surface area contributed by atoms with E-state index >= 15 is 0 Å². The molecule has 1 aromatic rings. The molecule has 2 rings (SSSR count). The zero-order valence-electron chi connectivity index (χ0n) is 12.2. The number of benzene rings is 1. The average Bonchev–Trinajstić information content (AvgIpc) is 2.44. The lowest BCUT2D eigenvalue weighted by molar-refractivity contribution is 0.199. The van der Waals surface area contributed by atoms with Crippen LogP contribution in [-0.2, 0) is 6.54 Å². The number of piperidine rings is 1. The standard InChI is InChI=1S/C16H24Cl2N2/c1-2-9-20(11-13-5-7-19-8-6-13)12-14-10-15(17)3-4-16(14)18/h3-4,10,13,19H,2,5-9,11-12H2,1H3. The molecule has 1 aliphatic rings. The predicted octanol–water partition coefficient (Wildman–Crippen LogP) is 4.21. The van der Waals surface area contributed by atoms with Crippen LogP contribution in [0.4, 0.5) is 0 Å². The fraction of sp³-hybridized carbons (Fsp3) is 0.625. The van der Waals surface area contributed by atoms with Gasteiger partial charge in [0.1, 0.15) is 0 Å². The van der Waals surface area contributed by atoms with Crippen LogP contribution in [0.3, 0.4) is 0 Å². The monoisotopic (exact) mass is 314 g/mol. The molecule has 1 saturated heterocycles. The minimum Gasteiger partial charge on any atom is -0.317 e. The van der Waals surface area contributed by atoms with E-state index in [1.807, 2.05) is 18.2 Å². The molecular weight excluding hydrogens is 291 g/mol. The zero-order valence-corrected chi connectivity index (χ0v) is 13.7. The van der Waals surface area contributed by atoms with E-state index in [1.165, 1.54) is 25.8 Å². The van der Waals surface area contributed by atoms with Gasteiger partial charge in [0.15, 0.2) is 0 Å². The van der Waals surface area contributed by atoms with Crippen LogP contribution in [0.2, 0.25) is 10.0 Å². The van der Waals surface area contributed by atoms with E-state index in [1.54, 1.807) is 0 Å². The highest BCUT2D eigenvalue weighted by Gasteiger charge is 2.17. The van der Waals surface area contributed by atoms with Gasteiger partial charge in [0.2, 0.25) is 0 Å². The Kier molecular flexibility index (Phi) is 6.63. The Labute approximate surface area is 132 Å². The SMILES string of the molecule is CCCN(Cc1cc(Cl)ccc1Cl)CC1CCNCC1. The third-order valence-electron chi connectivity index (χ3n) is 3.92. The van der Waals surface area contributed by atoms with Gasteiger partial charge in [0.25, 0.3) is 0 Å². The van der Waals surface area contributed by atoms with E-state index in [9.17, 15) is 0 Å². The molecule has 2 nitrogen and oxygen atoms in total. The van der Waals surface area contributed by atoms with Gasteiger partial charge in [-0.2, -0.15) is 0 Å². The summed E-state index contributed by atoms with van der Waals surface area (Å²) in [5.74, 6) is 0.806. The molecule has 0 radical (unpaired) electrons. The summed E-state index contributed by atoms with van der Waals surface area (Å²) in [7, 11) is 0. The normalized spacial score (nSPS) is 16.8. The van der Waals surface area contributed by atoms with E-state index in [-0.39, 0.29) is 0 Å². The van der Waals surface area contributed by atoms with Crippen LogP contribution < -0.4 is 5.32 Å². The van der Waals surface area contributed by atoms with Crippen LogP contribution in [0.1, 0.15) is 31.7 Å². The van der Waals surface area contributed by atoms with Gasteiger partial charge in [-0.15, -0.1) is 0 Å². The molecule has 0 unspecified atom stereocenters. The lowest BCUT2D eigenvalue weighted by atomic mass is 9.97. The Hall–Kier alpha value is -0.280. The number of nitrogens with one attached hydrogen (secondary N) is 1. The maximum atomic E-state index is 6.29. The third kappa shape index (κ3) is 4.92. The largest absolute Gasteiger partial charge is 0.317 e. The molecule has 0 amide bonds. The molecule has 0 atom stereocenters. The first-order valence-electron chi connectivity index (χ1n) is 7.56. The molecule has 1 aromatic carbocycles. The number of hydrogen-bond donors (Lipinski definition) is 1. The summed E-state index contributed by atoms with van der Waals surface area (Å²) in [6.45, 7) is 7.72. The lowest BCUT2D eigenvalue weighted by Crippen LogP contribution is -2.36. The summed E-state index contributed by atoms with van der Waals surface area (Å²) in [5, 5.41) is 5.02. The summed E-state index contributed by atoms with van der Waals surface area (Å²) in [6, 6.07) is 5.74. The maximum Gasteiger partial charge on any atom is 0.0452 e. The zero-order chi connectivity index (χ0) is 14.4. The molecule has 20 heavy (non-hydrogen) atoms. The minimum atomic E-state index is 0.766. The Balaban J connectivity index is 1.98. The van der Waals surface area contributed by atoms with Crippen molar-refractivity contribution in [2.75, 3.05) is 26.2 Å². The summed E-state index contributed by atoms with van der Waals surface area (Å²) in [4.78, 5) is 2.52. The second-order valence-electron chi connectivity index (χ2n) is 5.66. The van der Waals surface area contributed by atoms with Gasteiger partial charge in [-0.05, 0) is 68.6 Å². The van der Waals surface area contributed by atoms with Gasteiger partial charge in [0.05, 0.1) is 0 Å². The third-order valence-corrected chi connectivity index (χ3v) is 4.52. The maximum absolute atomic E-state index is 6.29. The minimum absolute atomic E-state index is 0.766. The molecule has 0 spiro atoms. The highest BCUT2D eigenvalue weighted by molar-refractivity contribution is 6.33. The smallest absolute Gasteiger partial charge is 0.0452 e. The summed E-state index contributed by atoms with van der Waals surface area (Å²) < 4.78 is 0. The number of rotatable bonds is 6. The average molecular weight is 315 g/mol. The van der Waals surface area contributed by atoms with E-state index in [0.29, 0.717) is 0 Å². The second kappa shape index (κ2) is 8.23. The fourth-order valence-electron chi connectivity index (χ4n) is 2.89. The predicted molar refractivity (Wildman–Crippen MR) is 87.6 cm³/mol. The van der Waals surface area contributed by atoms with Gasteiger partial charge in [-0.25, -0.2) is 0 Å². The summed E-state index contributed by atoms with van der Waals surface area (Å²) in [5.41, 5.74) is 1.14. The molecule has 1 aliphatic heterocycles. The van der Waals surface area contributed by atoms with Crippen molar-refractivity contribution in [3.63, 3.8) is 0 Å². The van der Waals surface area contributed by atoms with Crippen LogP contribution >= 0.6 is 23.2 Å². The number of halogens is 2. The molecule has 0 bridgehead atoms. The van der Waals surface area contributed by atoms with Crippen molar-refractivity contribution < 1.29 is 0 Å². The first-order chi connectivity index (χ1) is 9.69. The molecule has 0 aromatic heterocycles. The molecule has 1 heterocycles. The quantitative estimate of drug-likeness (QED) is 0.846. The molecule has 1 N–H and O–H groups in total. The Bertz CT molecular complexity index is 417. The van der Waals surface area contributed by atoms with Crippen molar-refractivity contribution in [1.29, 1.82) is 0 Å². The molecule has 112 valence electrons. The van der Waals surface area contributed by atoms with Gasteiger partial charge >= 0.3 is 0 Å². The topological polar surface area (TPSA) is 15.3 Å². The van der Waals surface area contributed by atoms with Gasteiger partial charge in [-0.1, -0.05) is 30.1 Å². The first-order valence-corrected chi connectivity index (χ1v) is 8.31. The van der Waals surface area contributed by atoms with Gasteiger partial charge < -0.3 is 5.32 Å². The van der Waals surface area contributed by atoms with Crippen molar-refractivity contribution in [3.05, 3.63) is 33.8 Å². The molecular formula is C16H24Cl2N2. The van der Waals surface area contributed by atoms with E-state index in [0.717, 1.165) is 47.7 Å². The van der Waals surface area contributed by atoms with E-state index in [2.05, 4.69) is 17.1 Å². The van der Waals surface area contributed by atoms with Crippen molar-refractivity contribution in [3.8, 4) is 0 Å². The molecule has 1 fully saturated rings. The molecule has 4 heteroatoms. The Morgan fingerprint density at radius 3 is 2.70 bits per heavy atom. The molecule has 0 aliphatic carbocycles. The van der Waals surface area contributed by atoms with Crippen molar-refractivity contribution in [2.24, 2.45) is 5.92 Å². The van der Waals surface area contributed by atoms with Crippen LogP contribution in [0, 0.1) is 5.92 Å². The number of hydrogen-bond acceptors (Lipinski definition) is 2. The number of nitrogens with zero attached hydrogens (tertiary/aromatic N) is 1. The van der Waals surface area contributed by atoms with Crippen LogP contribution in [0.15, 0.2) is 18.2 Å². The van der Waals surface area contributed by atoms with Crippen LogP contribution in [0.25, 0.3) is 0 Å². The highest BCUT2D eigenvalue weighted by Crippen LogP contribution is 2.23. The second-order valence-corrected chi connectivity index (χ2v) is 6.51. The van der Waals surface area contributed by atoms with E-state index in [4.69, 9.17) is 23.2 Å². The Morgan fingerprint density at radius 2 is 2.00 bits per heavy atom. The van der Waals surface area contributed by atoms with Crippen LogP contribution in [-0.4, -0.2) is 31.1 Å².